The van der Waals surface area contributed by atoms with Gasteiger partial charge in [0.2, 0.25) is 0 Å². The van der Waals surface area contributed by atoms with Crippen molar-refractivity contribution in [3.8, 4) is 0 Å². The zero-order valence-electron chi connectivity index (χ0n) is 12.1. The van der Waals surface area contributed by atoms with Crippen LogP contribution in [0.2, 0.25) is 0 Å². The third-order valence-corrected chi connectivity index (χ3v) is 3.45. The molecule has 0 aliphatic heterocycles. The summed E-state index contributed by atoms with van der Waals surface area (Å²) in [6.07, 6.45) is 3.47. The van der Waals surface area contributed by atoms with E-state index >= 15 is 0 Å². The van der Waals surface area contributed by atoms with E-state index in [-0.39, 0.29) is 5.41 Å². The van der Waals surface area contributed by atoms with Crippen LogP contribution in [-0.4, -0.2) is 6.54 Å². The second kappa shape index (κ2) is 5.68. The van der Waals surface area contributed by atoms with Crippen LogP contribution in [0.25, 0.3) is 0 Å². The molecular weight excluding hydrogens is 206 g/mol. The largest absolute Gasteiger partial charge is 0.330 e. The van der Waals surface area contributed by atoms with Gasteiger partial charge in [-0.05, 0) is 67.3 Å². The van der Waals surface area contributed by atoms with Crippen molar-refractivity contribution < 1.29 is 0 Å². The predicted octanol–water partition coefficient (Wildman–Crippen LogP) is 3.88. The van der Waals surface area contributed by atoms with Gasteiger partial charge in [0.15, 0.2) is 0 Å². The number of benzene rings is 1. The molecule has 0 unspecified atom stereocenters. The molecule has 17 heavy (non-hydrogen) atoms. The zero-order chi connectivity index (χ0) is 13.1. The SMILES string of the molecule is Cc1cc(CCCCN)cc(C(C)(C)C)c1C. The molecule has 0 spiro atoms. The molecule has 0 aliphatic rings. The standard InChI is InChI=1S/C16H27N/c1-12-10-14(8-6-7-9-17)11-15(13(12)2)16(3,4)5/h10-11H,6-9,17H2,1-5H3. The third kappa shape index (κ3) is 3.85. The average Bonchev–Trinajstić information content (AvgIpc) is 2.21. The van der Waals surface area contributed by atoms with Gasteiger partial charge in [0.1, 0.15) is 0 Å². The molecule has 1 aromatic rings. The molecule has 96 valence electrons. The highest BCUT2D eigenvalue weighted by Crippen LogP contribution is 2.29. The number of nitrogens with two attached hydrogens (primary N) is 1. The fraction of sp³-hybridized carbons (Fsp3) is 0.625. The summed E-state index contributed by atoms with van der Waals surface area (Å²) in [5.41, 5.74) is 11.6. The normalized spacial score (nSPS) is 11.9. The Morgan fingerprint density at radius 2 is 1.71 bits per heavy atom. The van der Waals surface area contributed by atoms with E-state index in [2.05, 4.69) is 46.8 Å². The van der Waals surface area contributed by atoms with Crippen LogP contribution >= 0.6 is 0 Å². The molecule has 1 nitrogen and oxygen atoms in total. The van der Waals surface area contributed by atoms with Crippen molar-refractivity contribution in [2.45, 2.75) is 59.3 Å². The van der Waals surface area contributed by atoms with E-state index in [1.54, 1.807) is 0 Å². The summed E-state index contributed by atoms with van der Waals surface area (Å²) in [4.78, 5) is 0. The molecule has 0 aliphatic carbocycles. The molecule has 0 atom stereocenters. The Morgan fingerprint density at radius 1 is 1.06 bits per heavy atom. The lowest BCUT2D eigenvalue weighted by atomic mass is 9.81. The maximum atomic E-state index is 5.55. The van der Waals surface area contributed by atoms with Crippen molar-refractivity contribution in [2.75, 3.05) is 6.54 Å². The van der Waals surface area contributed by atoms with E-state index in [1.807, 2.05) is 0 Å². The lowest BCUT2D eigenvalue weighted by Crippen LogP contribution is -2.14. The molecular formula is C16H27N. The van der Waals surface area contributed by atoms with E-state index < -0.39 is 0 Å². The predicted molar refractivity (Wildman–Crippen MR) is 76.6 cm³/mol. The minimum Gasteiger partial charge on any atom is -0.330 e. The van der Waals surface area contributed by atoms with Crippen LogP contribution in [-0.2, 0) is 11.8 Å². The molecule has 2 N–H and O–H groups in total. The van der Waals surface area contributed by atoms with Gasteiger partial charge in [-0.15, -0.1) is 0 Å². The Bertz CT molecular complexity index is 372. The first-order chi connectivity index (χ1) is 7.86. The van der Waals surface area contributed by atoms with E-state index in [9.17, 15) is 0 Å². The summed E-state index contributed by atoms with van der Waals surface area (Å²) >= 11 is 0. The lowest BCUT2D eigenvalue weighted by molar-refractivity contribution is 0.583. The first-order valence-corrected chi connectivity index (χ1v) is 6.67. The van der Waals surface area contributed by atoms with Gasteiger partial charge in [0, 0.05) is 0 Å². The Labute approximate surface area is 106 Å². The van der Waals surface area contributed by atoms with Crippen molar-refractivity contribution in [2.24, 2.45) is 5.73 Å². The molecule has 0 bridgehead atoms. The maximum absolute atomic E-state index is 5.55. The molecule has 0 amide bonds. The van der Waals surface area contributed by atoms with Gasteiger partial charge in [-0.25, -0.2) is 0 Å². The second-order valence-corrected chi connectivity index (χ2v) is 6.08. The van der Waals surface area contributed by atoms with Crippen molar-refractivity contribution >= 4 is 0 Å². The number of hydrogen-bond acceptors (Lipinski definition) is 1. The van der Waals surface area contributed by atoms with E-state index in [1.165, 1.54) is 28.7 Å². The van der Waals surface area contributed by atoms with Crippen molar-refractivity contribution in [1.29, 1.82) is 0 Å². The number of rotatable bonds is 4. The Hall–Kier alpha value is -0.820. The first kappa shape index (κ1) is 14.2. The summed E-state index contributed by atoms with van der Waals surface area (Å²) in [5, 5.41) is 0. The smallest absolute Gasteiger partial charge is 0.00772 e. The second-order valence-electron chi connectivity index (χ2n) is 6.08. The van der Waals surface area contributed by atoms with Crippen LogP contribution < -0.4 is 5.73 Å². The summed E-state index contributed by atoms with van der Waals surface area (Å²) in [6.45, 7) is 12.1. The lowest BCUT2D eigenvalue weighted by Gasteiger charge is -2.24. The van der Waals surface area contributed by atoms with Gasteiger partial charge in [0.25, 0.3) is 0 Å². The van der Waals surface area contributed by atoms with Gasteiger partial charge < -0.3 is 5.73 Å². The van der Waals surface area contributed by atoms with Crippen molar-refractivity contribution in [1.82, 2.24) is 0 Å². The summed E-state index contributed by atoms with van der Waals surface area (Å²) < 4.78 is 0. The fourth-order valence-electron chi connectivity index (χ4n) is 2.33. The van der Waals surface area contributed by atoms with Crippen LogP contribution in [0.15, 0.2) is 12.1 Å². The zero-order valence-corrected chi connectivity index (χ0v) is 12.1. The minimum absolute atomic E-state index is 0.235. The van der Waals surface area contributed by atoms with E-state index in [0.717, 1.165) is 19.4 Å². The van der Waals surface area contributed by atoms with E-state index in [4.69, 9.17) is 5.73 Å². The van der Waals surface area contributed by atoms with Gasteiger partial charge in [-0.1, -0.05) is 32.9 Å². The summed E-state index contributed by atoms with van der Waals surface area (Å²) in [5.74, 6) is 0. The Morgan fingerprint density at radius 3 is 2.24 bits per heavy atom. The van der Waals surface area contributed by atoms with Gasteiger partial charge in [0.05, 0.1) is 0 Å². The summed E-state index contributed by atoms with van der Waals surface area (Å²) in [6, 6.07) is 4.72. The molecule has 0 saturated heterocycles. The van der Waals surface area contributed by atoms with Crippen LogP contribution in [0.3, 0.4) is 0 Å². The highest BCUT2D eigenvalue weighted by molar-refractivity contribution is 5.41. The van der Waals surface area contributed by atoms with Crippen LogP contribution in [0.5, 0.6) is 0 Å². The van der Waals surface area contributed by atoms with Crippen molar-refractivity contribution in [3.05, 3.63) is 34.4 Å². The third-order valence-electron chi connectivity index (χ3n) is 3.45. The number of aryl methyl sites for hydroxylation is 2. The molecule has 1 heteroatoms. The maximum Gasteiger partial charge on any atom is -0.00772 e. The molecule has 0 aromatic heterocycles. The molecule has 1 rings (SSSR count). The molecule has 0 fully saturated rings. The minimum atomic E-state index is 0.235. The molecule has 1 aromatic carbocycles. The topological polar surface area (TPSA) is 26.0 Å². The van der Waals surface area contributed by atoms with Gasteiger partial charge in [-0.3, -0.25) is 0 Å². The monoisotopic (exact) mass is 233 g/mol. The highest BCUT2D eigenvalue weighted by Gasteiger charge is 2.17. The van der Waals surface area contributed by atoms with Crippen LogP contribution in [0.1, 0.15) is 55.9 Å². The van der Waals surface area contributed by atoms with Crippen molar-refractivity contribution in [3.63, 3.8) is 0 Å². The Kier molecular flexibility index (Phi) is 4.76. The number of hydrogen-bond donors (Lipinski definition) is 1. The van der Waals surface area contributed by atoms with Crippen LogP contribution in [0, 0.1) is 13.8 Å². The molecule has 0 radical (unpaired) electrons. The quantitative estimate of drug-likeness (QED) is 0.785. The highest BCUT2D eigenvalue weighted by atomic mass is 14.5. The molecule has 0 saturated carbocycles. The molecule has 0 heterocycles. The van der Waals surface area contributed by atoms with E-state index in [0.29, 0.717) is 0 Å². The fourth-order valence-corrected chi connectivity index (χ4v) is 2.33. The number of unbranched alkanes of at least 4 members (excludes halogenated alkanes) is 1. The first-order valence-electron chi connectivity index (χ1n) is 6.67. The Balaban J connectivity index is 2.98. The van der Waals surface area contributed by atoms with Crippen LogP contribution in [0.4, 0.5) is 0 Å². The van der Waals surface area contributed by atoms with Gasteiger partial charge in [-0.2, -0.15) is 0 Å². The van der Waals surface area contributed by atoms with Gasteiger partial charge >= 0.3 is 0 Å². The summed E-state index contributed by atoms with van der Waals surface area (Å²) in [7, 11) is 0. The average molecular weight is 233 g/mol.